The Morgan fingerprint density at radius 3 is 2.39 bits per heavy atom. The molecule has 0 saturated carbocycles. The number of hydrogen-bond acceptors (Lipinski definition) is 3. The molecule has 1 saturated heterocycles. The first-order valence-electron chi connectivity index (χ1n) is 6.56. The summed E-state index contributed by atoms with van der Waals surface area (Å²) in [4.78, 5) is 0.459. The van der Waals surface area contributed by atoms with Crippen LogP contribution in [-0.2, 0) is 9.84 Å². The summed E-state index contributed by atoms with van der Waals surface area (Å²) in [5.41, 5.74) is 1.18. The summed E-state index contributed by atoms with van der Waals surface area (Å²) >= 11 is 0. The molecule has 0 aliphatic carbocycles. The molecule has 0 radical (unpaired) electrons. The third kappa shape index (κ3) is 2.75. The molecule has 2 rings (SSSR count). The summed E-state index contributed by atoms with van der Waals surface area (Å²) in [5.74, 6) is 0.429. The van der Waals surface area contributed by atoms with E-state index in [0.29, 0.717) is 17.4 Å². The molecule has 0 aromatic heterocycles. The van der Waals surface area contributed by atoms with Gasteiger partial charge in [0.15, 0.2) is 9.84 Å². The van der Waals surface area contributed by atoms with Crippen LogP contribution in [-0.4, -0.2) is 26.8 Å². The van der Waals surface area contributed by atoms with Gasteiger partial charge in [-0.25, -0.2) is 8.42 Å². The number of piperidine rings is 1. The van der Waals surface area contributed by atoms with Gasteiger partial charge < -0.3 is 5.32 Å². The predicted molar refractivity (Wildman–Crippen MR) is 73.6 cm³/mol. The van der Waals surface area contributed by atoms with Crippen LogP contribution in [0.1, 0.15) is 38.2 Å². The molecule has 1 aliphatic rings. The van der Waals surface area contributed by atoms with Gasteiger partial charge in [0, 0.05) is 6.54 Å². The van der Waals surface area contributed by atoms with Crippen molar-refractivity contribution in [2.45, 2.75) is 42.8 Å². The topological polar surface area (TPSA) is 46.2 Å². The van der Waals surface area contributed by atoms with Gasteiger partial charge in [0.25, 0.3) is 0 Å². The second-order valence-corrected chi connectivity index (χ2v) is 7.47. The molecule has 3 nitrogen and oxygen atoms in total. The summed E-state index contributed by atoms with van der Waals surface area (Å²) in [6.45, 7) is 5.72. The molecule has 1 aromatic rings. The molecule has 0 bridgehead atoms. The van der Waals surface area contributed by atoms with Crippen molar-refractivity contribution in [2.75, 3.05) is 13.1 Å². The molecule has 1 fully saturated rings. The number of benzene rings is 1. The van der Waals surface area contributed by atoms with Crippen LogP contribution in [0, 0.1) is 0 Å². The first-order valence-corrected chi connectivity index (χ1v) is 8.11. The van der Waals surface area contributed by atoms with Gasteiger partial charge in [-0.3, -0.25) is 0 Å². The van der Waals surface area contributed by atoms with Crippen molar-refractivity contribution < 1.29 is 8.42 Å². The van der Waals surface area contributed by atoms with E-state index in [1.807, 2.05) is 12.1 Å². The lowest BCUT2D eigenvalue weighted by Crippen LogP contribution is -2.38. The average molecular weight is 267 g/mol. The minimum Gasteiger partial charge on any atom is -0.315 e. The van der Waals surface area contributed by atoms with E-state index in [9.17, 15) is 8.42 Å². The van der Waals surface area contributed by atoms with Gasteiger partial charge in [-0.1, -0.05) is 26.0 Å². The zero-order valence-electron chi connectivity index (χ0n) is 11.0. The Morgan fingerprint density at radius 2 is 1.89 bits per heavy atom. The van der Waals surface area contributed by atoms with Crippen molar-refractivity contribution in [1.82, 2.24) is 5.32 Å². The molecule has 100 valence electrons. The maximum atomic E-state index is 12.4. The van der Waals surface area contributed by atoms with E-state index in [4.69, 9.17) is 0 Å². The monoisotopic (exact) mass is 267 g/mol. The molecule has 1 heterocycles. The van der Waals surface area contributed by atoms with E-state index in [1.54, 1.807) is 12.1 Å². The number of nitrogens with one attached hydrogen (secondary N) is 1. The van der Waals surface area contributed by atoms with E-state index in [1.165, 1.54) is 5.56 Å². The van der Waals surface area contributed by atoms with Crippen LogP contribution < -0.4 is 5.32 Å². The maximum absolute atomic E-state index is 12.4. The highest BCUT2D eigenvalue weighted by atomic mass is 32.2. The van der Waals surface area contributed by atoms with Crippen LogP contribution in [0.15, 0.2) is 29.2 Å². The van der Waals surface area contributed by atoms with E-state index < -0.39 is 9.84 Å². The Bertz CT molecular complexity index is 485. The highest BCUT2D eigenvalue weighted by molar-refractivity contribution is 7.92. The van der Waals surface area contributed by atoms with Gasteiger partial charge in [-0.15, -0.1) is 0 Å². The Hall–Kier alpha value is -0.870. The SMILES string of the molecule is CC(C)c1ccc(S(=O)(=O)C2CCCNC2)cc1. The van der Waals surface area contributed by atoms with Crippen molar-refractivity contribution in [3.63, 3.8) is 0 Å². The number of hydrogen-bond donors (Lipinski definition) is 1. The quantitative estimate of drug-likeness (QED) is 0.914. The van der Waals surface area contributed by atoms with E-state index in [-0.39, 0.29) is 5.25 Å². The summed E-state index contributed by atoms with van der Waals surface area (Å²) in [6.07, 6.45) is 1.70. The second-order valence-electron chi connectivity index (χ2n) is 5.24. The van der Waals surface area contributed by atoms with Gasteiger partial charge in [0.05, 0.1) is 10.1 Å². The minimum atomic E-state index is -3.17. The Morgan fingerprint density at radius 1 is 1.22 bits per heavy atom. The van der Waals surface area contributed by atoms with Gasteiger partial charge in [0.1, 0.15) is 0 Å². The fourth-order valence-corrected chi connectivity index (χ4v) is 4.03. The molecule has 18 heavy (non-hydrogen) atoms. The fraction of sp³-hybridized carbons (Fsp3) is 0.571. The molecule has 1 N–H and O–H groups in total. The lowest BCUT2D eigenvalue weighted by molar-refractivity contribution is 0.497. The van der Waals surface area contributed by atoms with Crippen molar-refractivity contribution in [3.05, 3.63) is 29.8 Å². The van der Waals surface area contributed by atoms with Gasteiger partial charge >= 0.3 is 0 Å². The minimum absolute atomic E-state index is 0.267. The summed E-state index contributed by atoms with van der Waals surface area (Å²) in [7, 11) is -3.17. The van der Waals surface area contributed by atoms with Crippen LogP contribution in [0.25, 0.3) is 0 Å². The van der Waals surface area contributed by atoms with E-state index >= 15 is 0 Å². The van der Waals surface area contributed by atoms with Crippen molar-refractivity contribution >= 4 is 9.84 Å². The molecule has 1 unspecified atom stereocenters. The van der Waals surface area contributed by atoms with Crippen molar-refractivity contribution in [2.24, 2.45) is 0 Å². The van der Waals surface area contributed by atoms with Crippen LogP contribution in [0.4, 0.5) is 0 Å². The third-order valence-electron chi connectivity index (χ3n) is 3.57. The number of rotatable bonds is 3. The lowest BCUT2D eigenvalue weighted by Gasteiger charge is -2.23. The van der Waals surface area contributed by atoms with E-state index in [2.05, 4.69) is 19.2 Å². The molecular weight excluding hydrogens is 246 g/mol. The standard InChI is InChI=1S/C14H21NO2S/c1-11(2)12-5-7-13(8-6-12)18(16,17)14-4-3-9-15-10-14/h5-8,11,14-15H,3-4,9-10H2,1-2H3. The third-order valence-corrected chi connectivity index (χ3v) is 5.78. The summed E-state index contributed by atoms with van der Waals surface area (Å²) in [5, 5.41) is 2.89. The molecule has 0 amide bonds. The van der Waals surface area contributed by atoms with Gasteiger partial charge in [0.2, 0.25) is 0 Å². The second kappa shape index (κ2) is 5.41. The molecular formula is C14H21NO2S. The molecule has 4 heteroatoms. The highest BCUT2D eigenvalue weighted by Crippen LogP contribution is 2.23. The maximum Gasteiger partial charge on any atom is 0.182 e. The van der Waals surface area contributed by atoms with Gasteiger partial charge in [-0.05, 0) is 43.0 Å². The normalized spacial score (nSPS) is 21.2. The summed E-state index contributed by atoms with van der Waals surface area (Å²) < 4.78 is 24.9. The predicted octanol–water partition coefficient (Wildman–Crippen LogP) is 2.34. The zero-order valence-corrected chi connectivity index (χ0v) is 11.8. The highest BCUT2D eigenvalue weighted by Gasteiger charge is 2.28. The van der Waals surface area contributed by atoms with Crippen LogP contribution >= 0.6 is 0 Å². The van der Waals surface area contributed by atoms with Crippen LogP contribution in [0.2, 0.25) is 0 Å². The van der Waals surface area contributed by atoms with E-state index in [0.717, 1.165) is 19.4 Å². The number of sulfone groups is 1. The molecule has 1 atom stereocenters. The molecule has 1 aliphatic heterocycles. The van der Waals surface area contributed by atoms with Crippen molar-refractivity contribution in [3.8, 4) is 0 Å². The Balaban J connectivity index is 2.23. The van der Waals surface area contributed by atoms with Crippen LogP contribution in [0.3, 0.4) is 0 Å². The van der Waals surface area contributed by atoms with Crippen molar-refractivity contribution in [1.29, 1.82) is 0 Å². The molecule has 1 aromatic carbocycles. The van der Waals surface area contributed by atoms with Crippen LogP contribution in [0.5, 0.6) is 0 Å². The van der Waals surface area contributed by atoms with Gasteiger partial charge in [-0.2, -0.15) is 0 Å². The first-order chi connectivity index (χ1) is 8.51. The Labute approximate surface area is 110 Å². The largest absolute Gasteiger partial charge is 0.315 e. The molecule has 0 spiro atoms. The first kappa shape index (κ1) is 13.6. The smallest absolute Gasteiger partial charge is 0.182 e. The fourth-order valence-electron chi connectivity index (χ4n) is 2.32. The zero-order chi connectivity index (χ0) is 13.2. The Kier molecular flexibility index (Phi) is 4.07. The lowest BCUT2D eigenvalue weighted by atomic mass is 10.0. The summed E-state index contributed by atoms with van der Waals surface area (Å²) in [6, 6.07) is 7.35. The average Bonchev–Trinajstić information content (AvgIpc) is 2.40.